The third kappa shape index (κ3) is 4.62. The van der Waals surface area contributed by atoms with Crippen molar-refractivity contribution < 1.29 is 4.42 Å². The number of likely N-dealkylation sites (N-methyl/N-ethyl adjacent to an activating group) is 1. The number of furan rings is 1. The molecule has 0 amide bonds. The first-order valence-corrected chi connectivity index (χ1v) is 7.73. The van der Waals surface area contributed by atoms with Gasteiger partial charge >= 0.3 is 0 Å². The van der Waals surface area contributed by atoms with Gasteiger partial charge in [-0.05, 0) is 39.5 Å². The monoisotopic (exact) mass is 279 g/mol. The number of nitrogens with zero attached hydrogens (tertiary/aromatic N) is 2. The largest absolute Gasteiger partial charge is 0.468 e. The molecule has 0 aromatic carbocycles. The van der Waals surface area contributed by atoms with Gasteiger partial charge in [-0.15, -0.1) is 0 Å². The van der Waals surface area contributed by atoms with Crippen molar-refractivity contribution in [3.05, 3.63) is 23.7 Å². The summed E-state index contributed by atoms with van der Waals surface area (Å²) in [6.07, 6.45) is 4.48. The maximum absolute atomic E-state index is 5.70. The minimum Gasteiger partial charge on any atom is -0.468 e. The standard InChI is InChI=1S/C16H29N3O/c1-13(2)17-9-14-8-16(20-12-14)11-19-7-5-6-15(10-19)18(3)4/h8,12-13,15,17H,5-7,9-11H2,1-4H3. The summed E-state index contributed by atoms with van der Waals surface area (Å²) in [4.78, 5) is 4.85. The fraction of sp³-hybridized carbons (Fsp3) is 0.750. The Morgan fingerprint density at radius 2 is 2.25 bits per heavy atom. The molecule has 0 radical (unpaired) electrons. The number of hydrogen-bond acceptors (Lipinski definition) is 4. The van der Waals surface area contributed by atoms with Crippen molar-refractivity contribution in [2.75, 3.05) is 27.2 Å². The Morgan fingerprint density at radius 3 is 2.95 bits per heavy atom. The van der Waals surface area contributed by atoms with Crippen LogP contribution in [0, 0.1) is 0 Å². The van der Waals surface area contributed by atoms with Gasteiger partial charge in [0.15, 0.2) is 0 Å². The zero-order valence-electron chi connectivity index (χ0n) is 13.4. The van der Waals surface area contributed by atoms with E-state index in [-0.39, 0.29) is 0 Å². The second-order valence-electron chi connectivity index (χ2n) is 6.45. The second-order valence-corrected chi connectivity index (χ2v) is 6.45. The number of piperidine rings is 1. The quantitative estimate of drug-likeness (QED) is 0.866. The zero-order valence-corrected chi connectivity index (χ0v) is 13.4. The first-order valence-electron chi connectivity index (χ1n) is 7.73. The molecule has 0 saturated carbocycles. The number of nitrogens with one attached hydrogen (secondary N) is 1. The van der Waals surface area contributed by atoms with E-state index >= 15 is 0 Å². The van der Waals surface area contributed by atoms with Crippen molar-refractivity contribution in [2.45, 2.75) is 51.9 Å². The molecule has 1 atom stereocenters. The average Bonchev–Trinajstić information content (AvgIpc) is 2.84. The van der Waals surface area contributed by atoms with Crippen molar-refractivity contribution in [3.8, 4) is 0 Å². The second kappa shape index (κ2) is 7.25. The Bertz CT molecular complexity index is 400. The van der Waals surface area contributed by atoms with Crippen molar-refractivity contribution in [1.29, 1.82) is 0 Å². The minimum atomic E-state index is 0.510. The highest BCUT2D eigenvalue weighted by atomic mass is 16.3. The van der Waals surface area contributed by atoms with Crippen LogP contribution in [0.5, 0.6) is 0 Å². The molecule has 2 heterocycles. The van der Waals surface area contributed by atoms with E-state index in [9.17, 15) is 0 Å². The van der Waals surface area contributed by atoms with Crippen LogP contribution in [0.4, 0.5) is 0 Å². The van der Waals surface area contributed by atoms with E-state index in [2.05, 4.69) is 49.1 Å². The number of hydrogen-bond donors (Lipinski definition) is 1. The van der Waals surface area contributed by atoms with Gasteiger partial charge in [-0.3, -0.25) is 4.90 Å². The Morgan fingerprint density at radius 1 is 1.45 bits per heavy atom. The molecule has 1 saturated heterocycles. The molecule has 4 heteroatoms. The van der Waals surface area contributed by atoms with Gasteiger partial charge in [-0.2, -0.15) is 0 Å². The number of rotatable bonds is 6. The van der Waals surface area contributed by atoms with Crippen LogP contribution >= 0.6 is 0 Å². The zero-order chi connectivity index (χ0) is 14.5. The molecule has 1 fully saturated rings. The lowest BCUT2D eigenvalue weighted by Gasteiger charge is -2.35. The van der Waals surface area contributed by atoms with E-state index in [0.29, 0.717) is 12.1 Å². The fourth-order valence-corrected chi connectivity index (χ4v) is 2.74. The topological polar surface area (TPSA) is 31.7 Å². The van der Waals surface area contributed by atoms with Crippen LogP contribution in [0.15, 0.2) is 16.7 Å². The summed E-state index contributed by atoms with van der Waals surface area (Å²) < 4.78 is 5.70. The third-order valence-corrected chi connectivity index (χ3v) is 4.01. The Kier molecular flexibility index (Phi) is 5.64. The Labute approximate surface area is 123 Å². The van der Waals surface area contributed by atoms with Crippen LogP contribution in [-0.4, -0.2) is 49.1 Å². The highest BCUT2D eigenvalue weighted by molar-refractivity contribution is 5.12. The van der Waals surface area contributed by atoms with E-state index in [1.807, 2.05) is 6.26 Å². The van der Waals surface area contributed by atoms with Crippen LogP contribution in [0.25, 0.3) is 0 Å². The summed E-state index contributed by atoms with van der Waals surface area (Å²) in [6, 6.07) is 3.38. The van der Waals surface area contributed by atoms with Crippen molar-refractivity contribution in [1.82, 2.24) is 15.1 Å². The summed E-state index contributed by atoms with van der Waals surface area (Å²) in [5.74, 6) is 1.09. The van der Waals surface area contributed by atoms with Crippen LogP contribution in [0.1, 0.15) is 38.0 Å². The maximum Gasteiger partial charge on any atom is 0.118 e. The first kappa shape index (κ1) is 15.5. The average molecular weight is 279 g/mol. The molecule has 0 aliphatic carbocycles. The molecule has 0 spiro atoms. The molecular formula is C16H29N3O. The van der Waals surface area contributed by atoms with E-state index in [1.165, 1.54) is 24.9 Å². The van der Waals surface area contributed by atoms with Crippen LogP contribution in [0.2, 0.25) is 0 Å². The molecule has 2 rings (SSSR count). The molecule has 4 nitrogen and oxygen atoms in total. The summed E-state index contributed by atoms with van der Waals surface area (Å²) in [6.45, 7) is 8.48. The Balaban J connectivity index is 1.83. The lowest BCUT2D eigenvalue weighted by molar-refractivity contribution is 0.121. The van der Waals surface area contributed by atoms with Crippen molar-refractivity contribution in [2.24, 2.45) is 0 Å². The minimum absolute atomic E-state index is 0.510. The molecule has 1 N–H and O–H groups in total. The SMILES string of the molecule is CC(C)NCc1coc(CN2CCCC(N(C)C)C2)c1. The lowest BCUT2D eigenvalue weighted by Crippen LogP contribution is -2.44. The predicted octanol–water partition coefficient (Wildman–Crippen LogP) is 2.30. The van der Waals surface area contributed by atoms with Gasteiger partial charge < -0.3 is 14.6 Å². The predicted molar refractivity (Wildman–Crippen MR) is 82.7 cm³/mol. The van der Waals surface area contributed by atoms with Crippen molar-refractivity contribution in [3.63, 3.8) is 0 Å². The van der Waals surface area contributed by atoms with Crippen molar-refractivity contribution >= 4 is 0 Å². The highest BCUT2D eigenvalue weighted by Gasteiger charge is 2.22. The van der Waals surface area contributed by atoms with Crippen LogP contribution in [-0.2, 0) is 13.1 Å². The number of likely N-dealkylation sites (tertiary alicyclic amines) is 1. The van der Waals surface area contributed by atoms with E-state index in [4.69, 9.17) is 4.42 Å². The molecule has 114 valence electrons. The molecular weight excluding hydrogens is 250 g/mol. The molecule has 0 bridgehead atoms. The molecule has 1 aliphatic heterocycles. The lowest BCUT2D eigenvalue weighted by atomic mass is 10.0. The van der Waals surface area contributed by atoms with E-state index < -0.39 is 0 Å². The van der Waals surface area contributed by atoms with Gasteiger partial charge in [0.2, 0.25) is 0 Å². The summed E-state index contributed by atoms with van der Waals surface area (Å²) >= 11 is 0. The summed E-state index contributed by atoms with van der Waals surface area (Å²) in [5, 5.41) is 3.42. The first-order chi connectivity index (χ1) is 9.54. The molecule has 1 unspecified atom stereocenters. The summed E-state index contributed by atoms with van der Waals surface area (Å²) in [5.41, 5.74) is 1.25. The molecule has 1 aliphatic rings. The van der Waals surface area contributed by atoms with Gasteiger partial charge in [-0.25, -0.2) is 0 Å². The Hall–Kier alpha value is -0.840. The third-order valence-electron chi connectivity index (χ3n) is 4.01. The van der Waals surface area contributed by atoms with Crippen LogP contribution < -0.4 is 5.32 Å². The highest BCUT2D eigenvalue weighted by Crippen LogP contribution is 2.17. The smallest absolute Gasteiger partial charge is 0.118 e. The molecule has 1 aromatic rings. The van der Waals surface area contributed by atoms with Gasteiger partial charge in [0.1, 0.15) is 5.76 Å². The molecule has 1 aromatic heterocycles. The van der Waals surface area contributed by atoms with Gasteiger partial charge in [-0.1, -0.05) is 13.8 Å². The van der Waals surface area contributed by atoms with Gasteiger partial charge in [0.25, 0.3) is 0 Å². The summed E-state index contributed by atoms with van der Waals surface area (Å²) in [7, 11) is 4.35. The van der Waals surface area contributed by atoms with Crippen LogP contribution in [0.3, 0.4) is 0 Å². The fourth-order valence-electron chi connectivity index (χ4n) is 2.74. The van der Waals surface area contributed by atoms with Gasteiger partial charge in [0, 0.05) is 30.7 Å². The normalized spacial score (nSPS) is 21.0. The van der Waals surface area contributed by atoms with Gasteiger partial charge in [0.05, 0.1) is 12.8 Å². The van der Waals surface area contributed by atoms with E-state index in [0.717, 1.165) is 25.4 Å². The van der Waals surface area contributed by atoms with E-state index in [1.54, 1.807) is 0 Å². The maximum atomic E-state index is 5.70. The molecule has 20 heavy (non-hydrogen) atoms.